The van der Waals surface area contributed by atoms with Crippen LogP contribution in [0.2, 0.25) is 0 Å². The van der Waals surface area contributed by atoms with Gasteiger partial charge in [0.2, 0.25) is 0 Å². The van der Waals surface area contributed by atoms with Gasteiger partial charge >= 0.3 is 0 Å². The summed E-state index contributed by atoms with van der Waals surface area (Å²) in [4.78, 5) is 16.0. The standard InChI is InChI=1S/C16H21NO.2C2H6/c1-6-11(2)16(17-13(4)14(5)18)15-10-8-7-9-12(15)3;2*1-2/h6-10,13H,1-5H3;2*1-2H3/b11-6+,17-16?;;/t13-;;/m1../s1. The van der Waals surface area contributed by atoms with Crippen LogP contribution in [0.15, 0.2) is 40.9 Å². The zero-order chi connectivity index (χ0) is 17.7. The lowest BCUT2D eigenvalue weighted by Gasteiger charge is -2.12. The van der Waals surface area contributed by atoms with E-state index in [0.29, 0.717) is 0 Å². The highest BCUT2D eigenvalue weighted by Crippen LogP contribution is 2.15. The lowest BCUT2D eigenvalue weighted by atomic mass is 9.98. The molecule has 0 aliphatic carbocycles. The molecule has 1 atom stereocenters. The molecule has 0 aliphatic heterocycles. The van der Waals surface area contributed by atoms with E-state index in [-0.39, 0.29) is 11.8 Å². The quantitative estimate of drug-likeness (QED) is 0.648. The van der Waals surface area contributed by atoms with Crippen molar-refractivity contribution in [1.29, 1.82) is 0 Å². The van der Waals surface area contributed by atoms with E-state index >= 15 is 0 Å². The third-order valence-corrected chi connectivity index (χ3v) is 3.12. The highest BCUT2D eigenvalue weighted by molar-refractivity contribution is 6.13. The first-order valence-corrected chi connectivity index (χ1v) is 8.25. The summed E-state index contributed by atoms with van der Waals surface area (Å²) in [7, 11) is 0. The minimum absolute atomic E-state index is 0.0880. The van der Waals surface area contributed by atoms with Gasteiger partial charge in [0.15, 0.2) is 5.78 Å². The highest BCUT2D eigenvalue weighted by atomic mass is 16.1. The van der Waals surface area contributed by atoms with Crippen LogP contribution in [0.3, 0.4) is 0 Å². The molecule has 0 spiro atoms. The van der Waals surface area contributed by atoms with E-state index < -0.39 is 0 Å². The van der Waals surface area contributed by atoms with Crippen molar-refractivity contribution >= 4 is 11.5 Å². The molecule has 0 fully saturated rings. The second kappa shape index (κ2) is 13.0. The SMILES string of the molecule is C/C=C(\C)C(=N[C@H](C)C(C)=O)c1ccccc1C.CC.CC. The maximum atomic E-state index is 11.4. The van der Waals surface area contributed by atoms with Crippen molar-refractivity contribution in [2.45, 2.75) is 68.4 Å². The summed E-state index contributed by atoms with van der Waals surface area (Å²) in [5, 5.41) is 0. The molecule has 2 nitrogen and oxygen atoms in total. The summed E-state index contributed by atoms with van der Waals surface area (Å²) in [6, 6.07) is 7.82. The van der Waals surface area contributed by atoms with Gasteiger partial charge in [-0.25, -0.2) is 0 Å². The minimum atomic E-state index is -0.297. The van der Waals surface area contributed by atoms with Crippen LogP contribution in [0.4, 0.5) is 0 Å². The summed E-state index contributed by atoms with van der Waals surface area (Å²) in [6.07, 6.45) is 2.03. The number of aliphatic imine (C=N–C) groups is 1. The van der Waals surface area contributed by atoms with Crippen LogP contribution in [-0.4, -0.2) is 17.5 Å². The van der Waals surface area contributed by atoms with Gasteiger partial charge in [-0.3, -0.25) is 9.79 Å². The third-order valence-electron chi connectivity index (χ3n) is 3.12. The van der Waals surface area contributed by atoms with E-state index in [9.17, 15) is 4.79 Å². The van der Waals surface area contributed by atoms with E-state index in [4.69, 9.17) is 0 Å². The molecule has 1 rings (SSSR count). The van der Waals surface area contributed by atoms with Gasteiger partial charge in [0.25, 0.3) is 0 Å². The van der Waals surface area contributed by atoms with Gasteiger partial charge < -0.3 is 0 Å². The number of hydrogen-bond acceptors (Lipinski definition) is 2. The van der Waals surface area contributed by atoms with Crippen LogP contribution in [0.25, 0.3) is 0 Å². The fourth-order valence-electron chi connectivity index (χ4n) is 1.64. The van der Waals surface area contributed by atoms with Crippen molar-refractivity contribution in [2.24, 2.45) is 4.99 Å². The van der Waals surface area contributed by atoms with Gasteiger partial charge in [-0.2, -0.15) is 0 Å². The van der Waals surface area contributed by atoms with Gasteiger partial charge in [0.05, 0.1) is 5.71 Å². The number of carbonyl (C=O) groups excluding carboxylic acids is 1. The largest absolute Gasteiger partial charge is 0.298 e. The van der Waals surface area contributed by atoms with Gasteiger partial charge in [-0.05, 0) is 45.8 Å². The lowest BCUT2D eigenvalue weighted by Crippen LogP contribution is -2.15. The predicted molar refractivity (Wildman–Crippen MR) is 100.0 cm³/mol. The smallest absolute Gasteiger partial charge is 0.153 e. The van der Waals surface area contributed by atoms with Crippen LogP contribution in [0, 0.1) is 6.92 Å². The van der Waals surface area contributed by atoms with Crippen molar-refractivity contribution in [3.63, 3.8) is 0 Å². The number of Topliss-reactive ketones (excluding diaryl/α,β-unsaturated/α-hetero) is 1. The van der Waals surface area contributed by atoms with Crippen molar-refractivity contribution < 1.29 is 4.79 Å². The van der Waals surface area contributed by atoms with Crippen LogP contribution >= 0.6 is 0 Å². The van der Waals surface area contributed by atoms with E-state index in [1.807, 2.05) is 72.7 Å². The summed E-state index contributed by atoms with van der Waals surface area (Å²) < 4.78 is 0. The monoisotopic (exact) mass is 303 g/mol. The molecule has 2 heteroatoms. The van der Waals surface area contributed by atoms with Crippen molar-refractivity contribution in [3.8, 4) is 0 Å². The number of allylic oxidation sites excluding steroid dienone is 2. The maximum absolute atomic E-state index is 11.4. The number of carbonyl (C=O) groups is 1. The van der Waals surface area contributed by atoms with Crippen LogP contribution in [-0.2, 0) is 4.79 Å². The average Bonchev–Trinajstić information content (AvgIpc) is 2.56. The molecule has 22 heavy (non-hydrogen) atoms. The number of rotatable bonds is 4. The average molecular weight is 303 g/mol. The third kappa shape index (κ3) is 7.35. The fourth-order valence-corrected chi connectivity index (χ4v) is 1.64. The van der Waals surface area contributed by atoms with E-state index in [2.05, 4.69) is 18.0 Å². The van der Waals surface area contributed by atoms with Crippen molar-refractivity contribution in [2.75, 3.05) is 0 Å². The van der Waals surface area contributed by atoms with Crippen molar-refractivity contribution in [3.05, 3.63) is 47.0 Å². The maximum Gasteiger partial charge on any atom is 0.153 e. The molecule has 0 saturated carbocycles. The second-order valence-corrected chi connectivity index (χ2v) is 4.55. The second-order valence-electron chi connectivity index (χ2n) is 4.55. The minimum Gasteiger partial charge on any atom is -0.298 e. The predicted octanol–water partition coefficient (Wildman–Crippen LogP) is 5.78. The van der Waals surface area contributed by atoms with Crippen molar-refractivity contribution in [1.82, 2.24) is 0 Å². The summed E-state index contributed by atoms with van der Waals surface area (Å²) in [6.45, 7) is 17.5. The normalized spacial score (nSPS) is 12.4. The van der Waals surface area contributed by atoms with Crippen LogP contribution in [0.1, 0.15) is 66.5 Å². The van der Waals surface area contributed by atoms with E-state index in [1.54, 1.807) is 6.92 Å². The molecule has 0 amide bonds. The number of benzene rings is 1. The van der Waals surface area contributed by atoms with Crippen LogP contribution < -0.4 is 0 Å². The molecule has 0 bridgehead atoms. The summed E-state index contributed by atoms with van der Waals surface area (Å²) in [5.41, 5.74) is 4.28. The first-order chi connectivity index (χ1) is 10.5. The number of hydrogen-bond donors (Lipinski definition) is 0. The summed E-state index contributed by atoms with van der Waals surface area (Å²) in [5.74, 6) is 0.0880. The Bertz CT molecular complexity index is 498. The zero-order valence-corrected chi connectivity index (χ0v) is 15.8. The Morgan fingerprint density at radius 1 is 1.09 bits per heavy atom. The Labute approximate surface area is 137 Å². The van der Waals surface area contributed by atoms with Gasteiger partial charge in [0.1, 0.15) is 6.04 Å². The molecular weight excluding hydrogens is 270 g/mol. The Kier molecular flexibility index (Phi) is 13.3. The molecule has 0 N–H and O–H groups in total. The zero-order valence-electron chi connectivity index (χ0n) is 15.8. The van der Waals surface area contributed by atoms with Gasteiger partial charge in [-0.15, -0.1) is 0 Å². The van der Waals surface area contributed by atoms with Gasteiger partial charge in [-0.1, -0.05) is 58.0 Å². The highest BCUT2D eigenvalue weighted by Gasteiger charge is 2.12. The van der Waals surface area contributed by atoms with E-state index in [1.165, 1.54) is 5.56 Å². The molecule has 0 aromatic heterocycles. The number of aryl methyl sites for hydroxylation is 1. The summed E-state index contributed by atoms with van der Waals surface area (Å²) >= 11 is 0. The molecule has 124 valence electrons. The number of nitrogens with zero attached hydrogens (tertiary/aromatic N) is 1. The molecule has 1 aromatic carbocycles. The van der Waals surface area contributed by atoms with Crippen LogP contribution in [0.5, 0.6) is 0 Å². The first kappa shape index (κ1) is 22.6. The molecule has 0 radical (unpaired) electrons. The van der Waals surface area contributed by atoms with Gasteiger partial charge in [0, 0.05) is 5.56 Å². The Balaban J connectivity index is 0. The molecule has 0 unspecified atom stereocenters. The molecule has 1 aromatic rings. The molecule has 0 aliphatic rings. The Morgan fingerprint density at radius 3 is 2.00 bits per heavy atom. The molecule has 0 heterocycles. The lowest BCUT2D eigenvalue weighted by molar-refractivity contribution is -0.117. The Hall–Kier alpha value is -1.70. The Morgan fingerprint density at radius 2 is 1.59 bits per heavy atom. The van der Waals surface area contributed by atoms with E-state index in [0.717, 1.165) is 16.8 Å². The topological polar surface area (TPSA) is 29.4 Å². The molecular formula is C20H33NO. The fraction of sp³-hybridized carbons (Fsp3) is 0.500. The number of ketones is 1. The molecule has 0 saturated heterocycles. The first-order valence-electron chi connectivity index (χ1n) is 8.25.